The summed E-state index contributed by atoms with van der Waals surface area (Å²) in [5.74, 6) is 1.55. The van der Waals surface area contributed by atoms with Crippen LogP contribution in [0, 0.1) is 5.92 Å². The topological polar surface area (TPSA) is 38.5 Å². The van der Waals surface area contributed by atoms with Crippen LogP contribution in [0.5, 0.6) is 5.75 Å². The van der Waals surface area contributed by atoms with Gasteiger partial charge in [-0.15, -0.1) is 0 Å². The van der Waals surface area contributed by atoms with Crippen molar-refractivity contribution in [2.45, 2.75) is 26.3 Å². The number of para-hydroxylation sites is 1. The molecule has 0 fully saturated rings. The van der Waals surface area contributed by atoms with E-state index in [1.165, 1.54) is 5.56 Å². The quantitative estimate of drug-likeness (QED) is 0.806. The van der Waals surface area contributed by atoms with Gasteiger partial charge in [0.1, 0.15) is 5.75 Å². The number of nitrogens with zero attached hydrogens (tertiary/aromatic N) is 1. The summed E-state index contributed by atoms with van der Waals surface area (Å²) < 4.78 is 5.37. The van der Waals surface area contributed by atoms with Crippen LogP contribution in [0.1, 0.15) is 19.4 Å². The highest BCUT2D eigenvalue weighted by Gasteiger charge is 2.16. The average molecular weight is 250 g/mol. The minimum absolute atomic E-state index is 0.444. The summed E-state index contributed by atoms with van der Waals surface area (Å²) in [4.78, 5) is 2.34. The Kier molecular flexibility index (Phi) is 6.16. The molecule has 0 amide bonds. The highest BCUT2D eigenvalue weighted by atomic mass is 16.5. The SMILES string of the molecule is COc1ccccc1CCN(C)C(CN)C(C)C. The third-order valence-electron chi connectivity index (χ3n) is 3.50. The third kappa shape index (κ3) is 4.00. The molecule has 0 aliphatic rings. The van der Waals surface area contributed by atoms with Crippen molar-refractivity contribution < 1.29 is 4.74 Å². The number of hydrogen-bond donors (Lipinski definition) is 1. The van der Waals surface area contributed by atoms with Crippen molar-refractivity contribution >= 4 is 0 Å². The predicted octanol–water partition coefficient (Wildman–Crippen LogP) is 2.15. The Morgan fingerprint density at radius 3 is 2.50 bits per heavy atom. The largest absolute Gasteiger partial charge is 0.496 e. The smallest absolute Gasteiger partial charge is 0.122 e. The molecule has 1 aromatic carbocycles. The fourth-order valence-corrected chi connectivity index (χ4v) is 2.33. The Morgan fingerprint density at radius 2 is 1.94 bits per heavy atom. The van der Waals surface area contributed by atoms with Crippen molar-refractivity contribution in [3.63, 3.8) is 0 Å². The van der Waals surface area contributed by atoms with Crippen LogP contribution in [-0.4, -0.2) is 38.2 Å². The van der Waals surface area contributed by atoms with Gasteiger partial charge in [0.25, 0.3) is 0 Å². The maximum absolute atomic E-state index is 5.83. The van der Waals surface area contributed by atoms with Gasteiger partial charge in [-0.1, -0.05) is 32.0 Å². The second-order valence-corrected chi connectivity index (χ2v) is 5.09. The van der Waals surface area contributed by atoms with E-state index in [0.29, 0.717) is 18.5 Å². The van der Waals surface area contributed by atoms with Gasteiger partial charge in [0, 0.05) is 19.1 Å². The molecule has 102 valence electrons. The van der Waals surface area contributed by atoms with Crippen molar-refractivity contribution in [1.82, 2.24) is 4.90 Å². The highest BCUT2D eigenvalue weighted by Crippen LogP contribution is 2.18. The summed E-state index contributed by atoms with van der Waals surface area (Å²) >= 11 is 0. The monoisotopic (exact) mass is 250 g/mol. The Morgan fingerprint density at radius 1 is 1.28 bits per heavy atom. The number of rotatable bonds is 7. The first-order valence-electron chi connectivity index (χ1n) is 6.62. The predicted molar refractivity (Wildman–Crippen MR) is 77.0 cm³/mol. The van der Waals surface area contributed by atoms with Gasteiger partial charge in [0.2, 0.25) is 0 Å². The van der Waals surface area contributed by atoms with E-state index in [4.69, 9.17) is 10.5 Å². The molecule has 0 aliphatic heterocycles. The third-order valence-corrected chi connectivity index (χ3v) is 3.50. The van der Waals surface area contributed by atoms with Crippen molar-refractivity contribution in [2.24, 2.45) is 11.7 Å². The van der Waals surface area contributed by atoms with E-state index < -0.39 is 0 Å². The van der Waals surface area contributed by atoms with Crippen LogP contribution < -0.4 is 10.5 Å². The van der Waals surface area contributed by atoms with E-state index in [-0.39, 0.29) is 0 Å². The van der Waals surface area contributed by atoms with E-state index in [1.54, 1.807) is 7.11 Å². The summed E-state index contributed by atoms with van der Waals surface area (Å²) in [5.41, 5.74) is 7.09. The molecule has 3 heteroatoms. The number of ether oxygens (including phenoxy) is 1. The highest BCUT2D eigenvalue weighted by molar-refractivity contribution is 5.33. The second-order valence-electron chi connectivity index (χ2n) is 5.09. The first-order valence-corrected chi connectivity index (χ1v) is 6.62. The normalized spacial score (nSPS) is 13.1. The lowest BCUT2D eigenvalue weighted by atomic mass is 10.0. The molecule has 18 heavy (non-hydrogen) atoms. The molecule has 0 saturated heterocycles. The molecule has 3 nitrogen and oxygen atoms in total. The Bertz CT molecular complexity index is 352. The molecule has 0 saturated carbocycles. The van der Waals surface area contributed by atoms with Crippen molar-refractivity contribution in [2.75, 3.05) is 27.2 Å². The van der Waals surface area contributed by atoms with Gasteiger partial charge < -0.3 is 15.4 Å². The van der Waals surface area contributed by atoms with Crippen LogP contribution in [-0.2, 0) is 6.42 Å². The number of nitrogens with two attached hydrogens (primary N) is 1. The summed E-state index contributed by atoms with van der Waals surface area (Å²) in [7, 11) is 3.87. The average Bonchev–Trinajstić information content (AvgIpc) is 2.37. The van der Waals surface area contributed by atoms with Crippen molar-refractivity contribution in [3.05, 3.63) is 29.8 Å². The lowest BCUT2D eigenvalue weighted by molar-refractivity contribution is 0.199. The van der Waals surface area contributed by atoms with Crippen LogP contribution in [0.4, 0.5) is 0 Å². The fraction of sp³-hybridized carbons (Fsp3) is 0.600. The van der Waals surface area contributed by atoms with Crippen LogP contribution in [0.15, 0.2) is 24.3 Å². The Labute approximate surface area is 111 Å². The number of benzene rings is 1. The number of likely N-dealkylation sites (N-methyl/N-ethyl adjacent to an activating group) is 1. The lowest BCUT2D eigenvalue weighted by Gasteiger charge is -2.30. The zero-order valence-electron chi connectivity index (χ0n) is 12.0. The van der Waals surface area contributed by atoms with E-state index >= 15 is 0 Å². The Balaban J connectivity index is 2.59. The summed E-state index contributed by atoms with van der Waals surface area (Å²) in [6, 6.07) is 8.64. The molecule has 0 heterocycles. The van der Waals surface area contributed by atoms with Crippen LogP contribution in [0.2, 0.25) is 0 Å². The summed E-state index contributed by atoms with van der Waals surface area (Å²) in [6.07, 6.45) is 0.990. The van der Waals surface area contributed by atoms with Gasteiger partial charge in [0.15, 0.2) is 0 Å². The second kappa shape index (κ2) is 7.39. The van der Waals surface area contributed by atoms with Crippen molar-refractivity contribution in [1.29, 1.82) is 0 Å². The zero-order valence-corrected chi connectivity index (χ0v) is 12.0. The van der Waals surface area contributed by atoms with Crippen LogP contribution in [0.25, 0.3) is 0 Å². The molecule has 1 rings (SSSR count). The maximum Gasteiger partial charge on any atom is 0.122 e. The van der Waals surface area contributed by atoms with E-state index in [9.17, 15) is 0 Å². The molecule has 0 radical (unpaired) electrons. The standard InChI is InChI=1S/C15H26N2O/c1-12(2)14(11-16)17(3)10-9-13-7-5-6-8-15(13)18-4/h5-8,12,14H,9-11,16H2,1-4H3. The van der Waals surface area contributed by atoms with Crippen LogP contribution in [0.3, 0.4) is 0 Å². The fourth-order valence-electron chi connectivity index (χ4n) is 2.33. The minimum Gasteiger partial charge on any atom is -0.496 e. The molecule has 0 aromatic heterocycles. The van der Waals surface area contributed by atoms with Crippen LogP contribution >= 0.6 is 0 Å². The molecule has 1 atom stereocenters. The lowest BCUT2D eigenvalue weighted by Crippen LogP contribution is -2.42. The Hall–Kier alpha value is -1.06. The van der Waals surface area contributed by atoms with Gasteiger partial charge in [-0.05, 0) is 31.0 Å². The number of hydrogen-bond acceptors (Lipinski definition) is 3. The molecule has 0 spiro atoms. The molecule has 1 aromatic rings. The van der Waals surface area contributed by atoms with Crippen molar-refractivity contribution in [3.8, 4) is 5.75 Å². The van der Waals surface area contributed by atoms with E-state index in [2.05, 4.69) is 37.9 Å². The number of methoxy groups -OCH3 is 1. The summed E-state index contributed by atoms with van der Waals surface area (Å²) in [5, 5.41) is 0. The molecule has 0 aliphatic carbocycles. The molecule has 1 unspecified atom stereocenters. The van der Waals surface area contributed by atoms with E-state index in [1.807, 2.05) is 12.1 Å². The van der Waals surface area contributed by atoms with E-state index in [0.717, 1.165) is 18.7 Å². The first kappa shape index (κ1) is 15.0. The maximum atomic E-state index is 5.83. The molecule has 2 N–H and O–H groups in total. The van der Waals surface area contributed by atoms with Gasteiger partial charge in [-0.25, -0.2) is 0 Å². The van der Waals surface area contributed by atoms with Gasteiger partial charge in [0.05, 0.1) is 7.11 Å². The minimum atomic E-state index is 0.444. The zero-order chi connectivity index (χ0) is 13.5. The van der Waals surface area contributed by atoms with Gasteiger partial charge >= 0.3 is 0 Å². The summed E-state index contributed by atoms with van der Waals surface area (Å²) in [6.45, 7) is 6.15. The molecular weight excluding hydrogens is 224 g/mol. The first-order chi connectivity index (χ1) is 8.60. The molecular formula is C15H26N2O. The molecule has 0 bridgehead atoms. The van der Waals surface area contributed by atoms with Gasteiger partial charge in [-0.2, -0.15) is 0 Å². The van der Waals surface area contributed by atoms with Gasteiger partial charge in [-0.3, -0.25) is 0 Å².